The quantitative estimate of drug-likeness (QED) is 0.332. The molecular weight excluding hydrogens is 456 g/mol. The van der Waals surface area contributed by atoms with Crippen LogP contribution >= 0.6 is 0 Å². The molecule has 4 aromatic rings. The van der Waals surface area contributed by atoms with Gasteiger partial charge in [0.1, 0.15) is 6.04 Å². The number of nitrogens with two attached hydrogens (primary N) is 1. The lowest BCUT2D eigenvalue weighted by Gasteiger charge is -2.35. The molecule has 3 heterocycles. The van der Waals surface area contributed by atoms with Crippen LogP contribution in [0.2, 0.25) is 0 Å². The van der Waals surface area contributed by atoms with Crippen LogP contribution < -0.4 is 16.7 Å². The van der Waals surface area contributed by atoms with Crippen molar-refractivity contribution >= 4 is 33.8 Å². The number of carbonyl (C=O) groups excluding carboxylic acids is 2. The minimum Gasteiger partial charge on any atom is -0.361 e. The number of rotatable bonds is 6. The number of hydrogen-bond donors (Lipinski definition) is 4. The number of H-pyrrole nitrogens is 2. The van der Waals surface area contributed by atoms with Gasteiger partial charge in [-0.05, 0) is 50.5 Å². The van der Waals surface area contributed by atoms with E-state index in [2.05, 4.69) is 15.3 Å². The number of nitrogens with zero attached hydrogens (tertiary/aromatic N) is 2. The maximum absolute atomic E-state index is 13.7. The Bertz CT molecular complexity index is 1470. The summed E-state index contributed by atoms with van der Waals surface area (Å²) in [5.74, 6) is -0.511. The third kappa shape index (κ3) is 4.54. The van der Waals surface area contributed by atoms with Crippen LogP contribution in [0.1, 0.15) is 38.3 Å². The van der Waals surface area contributed by atoms with Gasteiger partial charge in [0.05, 0.1) is 16.6 Å². The van der Waals surface area contributed by atoms with Crippen LogP contribution in [0.5, 0.6) is 0 Å². The van der Waals surface area contributed by atoms with E-state index >= 15 is 0 Å². The van der Waals surface area contributed by atoms with Gasteiger partial charge in [0.2, 0.25) is 11.8 Å². The van der Waals surface area contributed by atoms with Gasteiger partial charge in [0.15, 0.2) is 0 Å². The van der Waals surface area contributed by atoms with Crippen molar-refractivity contribution in [2.45, 2.75) is 50.7 Å². The molecule has 1 fully saturated rings. The molecule has 5 rings (SSSR count). The molecule has 0 aliphatic carbocycles. The number of imidazole rings is 1. The first-order chi connectivity index (χ1) is 17.2. The standard InChI is InChI=1S/C27H32N6O3/c1-27(2,28)25(35)30-22(15-17-16-29-20-8-4-3-7-19(17)20)24(34)32-13-11-18(12-14-32)33-23-10-6-5-9-21(23)31-26(33)36/h3-10,16,18,22,29H,11-15,28H2,1-2H3,(H,30,35)(H,31,36). The molecule has 1 atom stereocenters. The number of aromatic nitrogens is 3. The van der Waals surface area contributed by atoms with E-state index in [1.54, 1.807) is 23.3 Å². The van der Waals surface area contributed by atoms with Crippen LogP contribution in [0.25, 0.3) is 21.9 Å². The average Bonchev–Trinajstić information content (AvgIpc) is 3.42. The van der Waals surface area contributed by atoms with E-state index in [4.69, 9.17) is 5.73 Å². The number of fused-ring (bicyclic) bond motifs is 2. The Hall–Kier alpha value is -3.85. The minimum atomic E-state index is -1.11. The summed E-state index contributed by atoms with van der Waals surface area (Å²) in [5, 5.41) is 3.92. The Morgan fingerprint density at radius 2 is 1.75 bits per heavy atom. The second-order valence-corrected chi connectivity index (χ2v) is 10.2. The lowest BCUT2D eigenvalue weighted by molar-refractivity contribution is -0.138. The number of amides is 2. The Kier molecular flexibility index (Phi) is 6.17. The first-order valence-electron chi connectivity index (χ1n) is 12.4. The molecule has 2 amide bonds. The average molecular weight is 489 g/mol. The normalized spacial score (nSPS) is 15.9. The lowest BCUT2D eigenvalue weighted by Crippen LogP contribution is -2.57. The third-order valence-electron chi connectivity index (χ3n) is 7.05. The summed E-state index contributed by atoms with van der Waals surface area (Å²) in [6.07, 6.45) is 3.56. The van der Waals surface area contributed by atoms with Crippen molar-refractivity contribution < 1.29 is 9.59 Å². The molecule has 1 saturated heterocycles. The second-order valence-electron chi connectivity index (χ2n) is 10.2. The second kappa shape index (κ2) is 9.31. The number of nitrogens with one attached hydrogen (secondary N) is 3. The largest absolute Gasteiger partial charge is 0.361 e. The van der Waals surface area contributed by atoms with Crippen molar-refractivity contribution in [3.05, 3.63) is 70.8 Å². The van der Waals surface area contributed by atoms with E-state index in [0.717, 1.165) is 27.5 Å². The predicted molar refractivity (Wildman–Crippen MR) is 140 cm³/mol. The van der Waals surface area contributed by atoms with Gasteiger partial charge >= 0.3 is 5.69 Å². The first kappa shape index (κ1) is 23.9. The van der Waals surface area contributed by atoms with Crippen LogP contribution in [0.3, 0.4) is 0 Å². The Morgan fingerprint density at radius 3 is 2.47 bits per heavy atom. The molecule has 0 radical (unpaired) electrons. The smallest absolute Gasteiger partial charge is 0.326 e. The number of piperidine rings is 1. The summed E-state index contributed by atoms with van der Waals surface area (Å²) >= 11 is 0. The number of aromatic amines is 2. The highest BCUT2D eigenvalue weighted by molar-refractivity contribution is 5.92. The Labute approximate surface area is 208 Å². The molecule has 188 valence electrons. The van der Waals surface area contributed by atoms with Crippen LogP contribution in [-0.4, -0.2) is 55.9 Å². The molecule has 1 unspecified atom stereocenters. The SMILES string of the molecule is CC(C)(N)C(=O)NC(Cc1c[nH]c2ccccc12)C(=O)N1CCC(n2c(=O)[nH]c3ccccc32)CC1. The molecule has 1 aliphatic rings. The van der Waals surface area contributed by atoms with E-state index < -0.39 is 11.6 Å². The summed E-state index contributed by atoms with van der Waals surface area (Å²) in [4.78, 5) is 47.0. The maximum atomic E-state index is 13.7. The van der Waals surface area contributed by atoms with Crippen molar-refractivity contribution in [1.29, 1.82) is 0 Å². The molecule has 2 aromatic carbocycles. The zero-order valence-electron chi connectivity index (χ0n) is 20.6. The summed E-state index contributed by atoms with van der Waals surface area (Å²) in [5.41, 5.74) is 8.41. The monoisotopic (exact) mass is 488 g/mol. The number of para-hydroxylation sites is 3. The predicted octanol–water partition coefficient (Wildman–Crippen LogP) is 2.44. The summed E-state index contributed by atoms with van der Waals surface area (Å²) in [7, 11) is 0. The molecule has 0 bridgehead atoms. The van der Waals surface area contributed by atoms with Gasteiger partial charge in [-0.15, -0.1) is 0 Å². The van der Waals surface area contributed by atoms with Gasteiger partial charge in [0, 0.05) is 42.7 Å². The molecule has 1 aliphatic heterocycles. The summed E-state index contributed by atoms with van der Waals surface area (Å²) in [6.45, 7) is 4.25. The Morgan fingerprint density at radius 1 is 1.08 bits per heavy atom. The highest BCUT2D eigenvalue weighted by Crippen LogP contribution is 2.26. The summed E-state index contributed by atoms with van der Waals surface area (Å²) in [6, 6.07) is 14.8. The fourth-order valence-electron chi connectivity index (χ4n) is 5.07. The van der Waals surface area contributed by atoms with Gasteiger partial charge in [-0.1, -0.05) is 30.3 Å². The molecule has 9 heteroatoms. The molecular formula is C27H32N6O3. The van der Waals surface area contributed by atoms with Gasteiger partial charge in [0.25, 0.3) is 0 Å². The van der Waals surface area contributed by atoms with Crippen molar-refractivity contribution in [1.82, 2.24) is 24.8 Å². The fourth-order valence-corrected chi connectivity index (χ4v) is 5.07. The molecule has 9 nitrogen and oxygen atoms in total. The van der Waals surface area contributed by atoms with Gasteiger partial charge in [-0.3, -0.25) is 14.2 Å². The molecule has 36 heavy (non-hydrogen) atoms. The number of likely N-dealkylation sites (tertiary alicyclic amines) is 1. The van der Waals surface area contributed by atoms with Gasteiger partial charge < -0.3 is 25.9 Å². The van der Waals surface area contributed by atoms with Gasteiger partial charge in [-0.25, -0.2) is 4.79 Å². The molecule has 5 N–H and O–H groups in total. The van der Waals surface area contributed by atoms with Crippen molar-refractivity contribution in [3.63, 3.8) is 0 Å². The zero-order chi connectivity index (χ0) is 25.4. The molecule has 2 aromatic heterocycles. The highest BCUT2D eigenvalue weighted by atomic mass is 16.2. The van der Waals surface area contributed by atoms with Crippen LogP contribution in [0.4, 0.5) is 0 Å². The third-order valence-corrected chi connectivity index (χ3v) is 7.05. The lowest BCUT2D eigenvalue weighted by atomic mass is 9.99. The van der Waals surface area contributed by atoms with E-state index in [-0.39, 0.29) is 23.5 Å². The maximum Gasteiger partial charge on any atom is 0.326 e. The van der Waals surface area contributed by atoms with Crippen molar-refractivity contribution in [2.75, 3.05) is 13.1 Å². The first-order valence-corrected chi connectivity index (χ1v) is 12.4. The Balaban J connectivity index is 1.34. The molecule has 0 spiro atoms. The van der Waals surface area contributed by atoms with E-state index in [9.17, 15) is 14.4 Å². The highest BCUT2D eigenvalue weighted by Gasteiger charge is 2.33. The van der Waals surface area contributed by atoms with Crippen LogP contribution in [-0.2, 0) is 16.0 Å². The number of carbonyl (C=O) groups is 2. The molecule has 0 saturated carbocycles. The topological polar surface area (TPSA) is 129 Å². The summed E-state index contributed by atoms with van der Waals surface area (Å²) < 4.78 is 1.80. The fraction of sp³-hybridized carbons (Fsp3) is 0.370. The van der Waals surface area contributed by atoms with Crippen LogP contribution in [0, 0.1) is 0 Å². The van der Waals surface area contributed by atoms with E-state index in [1.165, 1.54) is 0 Å². The van der Waals surface area contributed by atoms with Crippen molar-refractivity contribution in [3.8, 4) is 0 Å². The van der Waals surface area contributed by atoms with E-state index in [0.29, 0.717) is 32.4 Å². The number of hydrogen-bond acceptors (Lipinski definition) is 4. The number of benzene rings is 2. The van der Waals surface area contributed by atoms with Crippen molar-refractivity contribution in [2.24, 2.45) is 5.73 Å². The van der Waals surface area contributed by atoms with Crippen LogP contribution in [0.15, 0.2) is 59.5 Å². The van der Waals surface area contributed by atoms with E-state index in [1.807, 2.05) is 54.7 Å². The minimum absolute atomic E-state index is 0.00216. The zero-order valence-corrected chi connectivity index (χ0v) is 20.6. The van der Waals surface area contributed by atoms with Gasteiger partial charge in [-0.2, -0.15) is 0 Å².